The molecular weight excluding hydrogens is 781 g/mol. The van der Waals surface area contributed by atoms with Crippen LogP contribution in [0.3, 0.4) is 0 Å². The zero-order chi connectivity index (χ0) is 41.4. The topological polar surface area (TPSA) is 25.8 Å². The average molecular weight is 817 g/mol. The molecule has 0 N–H and O–H groups in total. The highest BCUT2D eigenvalue weighted by molar-refractivity contribution is 7.26. The van der Waals surface area contributed by atoms with E-state index in [1.165, 1.54) is 91.4 Å². The highest BCUT2D eigenvalue weighted by Crippen LogP contribution is 2.44. The zero-order valence-corrected chi connectivity index (χ0v) is 34.9. The molecule has 0 unspecified atom stereocenters. The van der Waals surface area contributed by atoms with Gasteiger partial charge in [-0.2, -0.15) is 0 Å². The molecule has 0 saturated carbocycles. The molecule has 0 saturated heterocycles. The third-order valence-corrected chi connectivity index (χ3v) is 14.2. The molecule has 0 aliphatic heterocycles. The predicted molar refractivity (Wildman–Crippen MR) is 270 cm³/mol. The summed E-state index contributed by atoms with van der Waals surface area (Å²) in [5, 5.41) is 12.2. The van der Waals surface area contributed by atoms with Crippen LogP contribution in [0, 0.1) is 0 Å². The van der Waals surface area contributed by atoms with E-state index in [1.54, 1.807) is 0 Å². The number of rotatable bonds is 5. The number of nitrogens with zero attached hydrogens (tertiary/aromatic N) is 2. The minimum absolute atomic E-state index is 0.862. The van der Waals surface area contributed by atoms with E-state index >= 15 is 0 Å². The van der Waals surface area contributed by atoms with E-state index in [0.717, 1.165) is 38.6 Å². The van der Waals surface area contributed by atoms with Gasteiger partial charge >= 0.3 is 0 Å². The van der Waals surface area contributed by atoms with Gasteiger partial charge in [-0.3, -0.25) is 4.98 Å². The molecule has 2 heterocycles. The van der Waals surface area contributed by atoms with Crippen molar-refractivity contribution in [1.82, 2.24) is 9.97 Å². The van der Waals surface area contributed by atoms with Crippen LogP contribution < -0.4 is 0 Å². The first kappa shape index (κ1) is 35.7. The summed E-state index contributed by atoms with van der Waals surface area (Å²) in [6.45, 7) is 0. The smallest absolute Gasteiger partial charge is 0.0979 e. The third-order valence-electron chi connectivity index (χ3n) is 12.9. The van der Waals surface area contributed by atoms with E-state index in [-0.39, 0.29) is 0 Å². The van der Waals surface area contributed by atoms with Gasteiger partial charge in [-0.15, -0.1) is 11.3 Å². The molecule has 2 aromatic heterocycles. The van der Waals surface area contributed by atoms with E-state index in [4.69, 9.17) is 9.97 Å². The van der Waals surface area contributed by atoms with Crippen LogP contribution in [0.5, 0.6) is 0 Å². The fourth-order valence-corrected chi connectivity index (χ4v) is 11.2. The average Bonchev–Trinajstić information content (AvgIpc) is 3.75. The van der Waals surface area contributed by atoms with Gasteiger partial charge < -0.3 is 0 Å². The van der Waals surface area contributed by atoms with Crippen molar-refractivity contribution in [2.45, 2.75) is 0 Å². The largest absolute Gasteiger partial charge is 0.252 e. The van der Waals surface area contributed by atoms with Crippen LogP contribution >= 0.6 is 11.3 Å². The van der Waals surface area contributed by atoms with E-state index in [0.29, 0.717) is 0 Å². The van der Waals surface area contributed by atoms with Crippen molar-refractivity contribution in [3.05, 3.63) is 219 Å². The Morgan fingerprint density at radius 2 is 0.746 bits per heavy atom. The van der Waals surface area contributed by atoms with E-state index < -0.39 is 0 Å². The molecule has 63 heavy (non-hydrogen) atoms. The summed E-state index contributed by atoms with van der Waals surface area (Å²) in [7, 11) is 0. The molecule has 13 aromatic rings. The Morgan fingerprint density at radius 3 is 1.40 bits per heavy atom. The first-order valence-corrected chi connectivity index (χ1v) is 22.3. The Balaban J connectivity index is 0.881. The van der Waals surface area contributed by atoms with Crippen LogP contribution in [0.2, 0.25) is 0 Å². The Labute approximate surface area is 368 Å². The lowest BCUT2D eigenvalue weighted by molar-refractivity contribution is 1.31. The summed E-state index contributed by atoms with van der Waals surface area (Å²) in [6, 6.07) is 77.3. The van der Waals surface area contributed by atoms with Crippen LogP contribution in [-0.2, 0) is 0 Å². The van der Waals surface area contributed by atoms with E-state index in [2.05, 4.69) is 212 Å². The second-order valence-electron chi connectivity index (χ2n) is 16.4. The van der Waals surface area contributed by atoms with Gasteiger partial charge in [0.2, 0.25) is 0 Å². The fraction of sp³-hybridized carbons (Fsp3) is 0. The van der Waals surface area contributed by atoms with Crippen LogP contribution in [0.25, 0.3) is 130 Å². The van der Waals surface area contributed by atoms with Gasteiger partial charge in [0.15, 0.2) is 0 Å². The Bertz CT molecular complexity index is 3940. The summed E-state index contributed by atoms with van der Waals surface area (Å²) in [4.78, 5) is 10.4. The van der Waals surface area contributed by atoms with Crippen molar-refractivity contribution >= 4 is 85.6 Å². The van der Waals surface area contributed by atoms with Crippen LogP contribution in [0.4, 0.5) is 0 Å². The van der Waals surface area contributed by atoms with Crippen LogP contribution in [-0.4, -0.2) is 9.97 Å². The van der Waals surface area contributed by atoms with Crippen molar-refractivity contribution in [3.63, 3.8) is 0 Å². The van der Waals surface area contributed by atoms with Crippen molar-refractivity contribution < 1.29 is 0 Å². The number of hydrogen-bond donors (Lipinski definition) is 0. The Hall–Kier alpha value is -7.98. The lowest BCUT2D eigenvalue weighted by atomic mass is 9.87. The maximum atomic E-state index is 5.31. The van der Waals surface area contributed by atoms with Crippen molar-refractivity contribution in [1.29, 1.82) is 0 Å². The van der Waals surface area contributed by atoms with E-state index in [9.17, 15) is 0 Å². The molecule has 0 fully saturated rings. The molecule has 13 rings (SSSR count). The first-order valence-electron chi connectivity index (χ1n) is 21.5. The Kier molecular flexibility index (Phi) is 8.12. The van der Waals surface area contributed by atoms with Crippen molar-refractivity contribution in [2.24, 2.45) is 0 Å². The van der Waals surface area contributed by atoms with Crippen LogP contribution in [0.1, 0.15) is 0 Å². The minimum atomic E-state index is 0.862. The van der Waals surface area contributed by atoms with Gasteiger partial charge in [-0.25, -0.2) is 4.98 Å². The van der Waals surface area contributed by atoms with Gasteiger partial charge in [0.05, 0.1) is 22.9 Å². The number of hydrogen-bond acceptors (Lipinski definition) is 3. The molecular formula is C60H36N2S. The minimum Gasteiger partial charge on any atom is -0.252 e. The molecule has 0 spiro atoms. The summed E-state index contributed by atoms with van der Waals surface area (Å²) in [5.41, 5.74) is 13.5. The van der Waals surface area contributed by atoms with Crippen LogP contribution in [0.15, 0.2) is 219 Å². The number of benzene rings is 11. The number of fused-ring (bicyclic) bond motifs is 11. The predicted octanol–water partition coefficient (Wildman–Crippen LogP) is 16.9. The lowest BCUT2D eigenvalue weighted by Crippen LogP contribution is -1.93. The Morgan fingerprint density at radius 1 is 0.286 bits per heavy atom. The van der Waals surface area contributed by atoms with E-state index in [1.807, 2.05) is 17.5 Å². The van der Waals surface area contributed by atoms with Gasteiger partial charge in [0, 0.05) is 36.5 Å². The maximum absolute atomic E-state index is 5.31. The summed E-state index contributed by atoms with van der Waals surface area (Å²) in [5.74, 6) is 0. The summed E-state index contributed by atoms with van der Waals surface area (Å²) >= 11 is 1.88. The second-order valence-corrected chi connectivity index (χ2v) is 17.4. The monoisotopic (exact) mass is 816 g/mol. The standard InChI is InChI=1S/C60H36N2S/c1-3-17-46-44(15-1)41(37-27-29-38(30-28-37)43-24-12-25-55-52-21-9-10-26-57(52)63-60(43)55)31-33-50(46)51-34-32-42(45-16-2-4-18-47(45)51)39-13-11-14-40(35-39)56-36-61-58-53-22-7-5-19-48(53)49-20-6-8-23-54(49)59(58)62-56/h1-36H. The zero-order valence-electron chi connectivity index (χ0n) is 34.1. The molecule has 2 nitrogen and oxygen atoms in total. The summed E-state index contributed by atoms with van der Waals surface area (Å²) < 4.78 is 2.67. The van der Waals surface area contributed by atoms with Crippen molar-refractivity contribution in [3.8, 4) is 55.8 Å². The molecule has 0 aliphatic rings. The van der Waals surface area contributed by atoms with Gasteiger partial charge in [-0.05, 0) is 89.0 Å². The highest BCUT2D eigenvalue weighted by atomic mass is 32.1. The molecule has 11 aromatic carbocycles. The fourth-order valence-electron chi connectivity index (χ4n) is 9.98. The second kappa shape index (κ2) is 14.3. The highest BCUT2D eigenvalue weighted by Gasteiger charge is 2.17. The molecule has 292 valence electrons. The number of aromatic nitrogens is 2. The SMILES string of the molecule is c1cc(-c2cnc3c4ccccc4c4ccccc4c3n2)cc(-c2ccc(-c3ccc(-c4ccc(-c5cccc6c5sc5ccccc56)cc4)c4ccccc34)c3ccccc23)c1. The molecule has 0 radical (unpaired) electrons. The molecule has 3 heteroatoms. The summed E-state index contributed by atoms with van der Waals surface area (Å²) in [6.07, 6.45) is 1.93. The van der Waals surface area contributed by atoms with Gasteiger partial charge in [-0.1, -0.05) is 200 Å². The molecule has 0 atom stereocenters. The van der Waals surface area contributed by atoms with Gasteiger partial charge in [0.1, 0.15) is 0 Å². The molecule has 0 amide bonds. The quantitative estimate of drug-likeness (QED) is 0.162. The molecule has 0 bridgehead atoms. The third kappa shape index (κ3) is 5.71. The lowest BCUT2D eigenvalue weighted by Gasteiger charge is -2.16. The van der Waals surface area contributed by atoms with Crippen molar-refractivity contribution in [2.75, 3.05) is 0 Å². The maximum Gasteiger partial charge on any atom is 0.0979 e. The number of thiophene rings is 1. The first-order chi connectivity index (χ1) is 31.2. The normalized spacial score (nSPS) is 11.8. The molecule has 0 aliphatic carbocycles. The van der Waals surface area contributed by atoms with Gasteiger partial charge in [0.25, 0.3) is 0 Å².